The summed E-state index contributed by atoms with van der Waals surface area (Å²) < 4.78 is 0. The van der Waals surface area contributed by atoms with Gasteiger partial charge in [0.2, 0.25) is 5.91 Å². The van der Waals surface area contributed by atoms with Crippen LogP contribution in [-0.2, 0) is 17.8 Å². The van der Waals surface area contributed by atoms with Crippen LogP contribution in [0.15, 0.2) is 41.1 Å². The number of carbonyl (C=O) groups excluding carboxylic acids is 1. The molecule has 1 fully saturated rings. The van der Waals surface area contributed by atoms with Gasteiger partial charge in [0.1, 0.15) is 0 Å². The van der Waals surface area contributed by atoms with Crippen molar-refractivity contribution in [1.29, 1.82) is 0 Å². The molecule has 1 N–H and O–H groups in total. The average molecular weight is 326 g/mol. The van der Waals surface area contributed by atoms with Crippen LogP contribution in [0.25, 0.3) is 0 Å². The summed E-state index contributed by atoms with van der Waals surface area (Å²) in [6, 6.07) is 11.2. The first kappa shape index (κ1) is 14.9. The van der Waals surface area contributed by atoms with Gasteiger partial charge < -0.3 is 5.32 Å². The highest BCUT2D eigenvalue weighted by atomic mass is 32.1. The first-order valence-electron chi connectivity index (χ1n) is 8.42. The molecule has 0 saturated heterocycles. The molecule has 2 aliphatic rings. The molecule has 1 aromatic carbocycles. The molecule has 1 aliphatic carbocycles. The third-order valence-electron chi connectivity index (χ3n) is 4.95. The monoisotopic (exact) mass is 326 g/mol. The van der Waals surface area contributed by atoms with E-state index in [4.69, 9.17) is 0 Å². The Morgan fingerprint density at radius 3 is 2.83 bits per heavy atom. The summed E-state index contributed by atoms with van der Waals surface area (Å²) in [5, 5.41) is 7.52. The molecule has 1 saturated carbocycles. The molecule has 1 aliphatic heterocycles. The lowest BCUT2D eigenvalue weighted by Crippen LogP contribution is -2.40. The van der Waals surface area contributed by atoms with Crippen LogP contribution in [0.3, 0.4) is 0 Å². The van der Waals surface area contributed by atoms with Crippen molar-refractivity contribution in [2.45, 2.75) is 31.8 Å². The number of hydrogen-bond donors (Lipinski definition) is 1. The zero-order valence-electron chi connectivity index (χ0n) is 13.2. The first-order valence-corrected chi connectivity index (χ1v) is 9.36. The van der Waals surface area contributed by atoms with Gasteiger partial charge in [-0.15, -0.1) is 0 Å². The van der Waals surface area contributed by atoms with Crippen molar-refractivity contribution >= 4 is 17.2 Å². The Balaban J connectivity index is 1.50. The molecule has 3 nitrogen and oxygen atoms in total. The summed E-state index contributed by atoms with van der Waals surface area (Å²) in [6.07, 6.45) is 3.21. The number of nitrogens with one attached hydrogen (secondary N) is 1. The van der Waals surface area contributed by atoms with Crippen molar-refractivity contribution in [3.8, 4) is 0 Å². The summed E-state index contributed by atoms with van der Waals surface area (Å²) in [7, 11) is 0. The number of fused-ring (bicyclic) bond motifs is 1. The van der Waals surface area contributed by atoms with Crippen molar-refractivity contribution in [3.05, 3.63) is 57.8 Å². The number of rotatable bonds is 5. The molecular weight excluding hydrogens is 304 g/mol. The average Bonchev–Trinajstić information content (AvgIpc) is 3.31. The molecule has 0 radical (unpaired) electrons. The van der Waals surface area contributed by atoms with E-state index in [9.17, 15) is 4.79 Å². The molecular formula is C19H22N2OS. The van der Waals surface area contributed by atoms with Crippen LogP contribution in [0.5, 0.6) is 0 Å². The van der Waals surface area contributed by atoms with Crippen LogP contribution < -0.4 is 5.32 Å². The normalized spacial score (nSPS) is 19.1. The van der Waals surface area contributed by atoms with E-state index in [2.05, 4.69) is 51.3 Å². The van der Waals surface area contributed by atoms with Gasteiger partial charge in [-0.25, -0.2) is 0 Å². The number of amides is 1. The molecule has 2 heterocycles. The number of benzene rings is 1. The maximum absolute atomic E-state index is 12.0. The van der Waals surface area contributed by atoms with E-state index in [1.54, 1.807) is 11.3 Å². The summed E-state index contributed by atoms with van der Waals surface area (Å²) >= 11 is 1.73. The summed E-state index contributed by atoms with van der Waals surface area (Å²) in [4.78, 5) is 14.5. The minimum Gasteiger partial charge on any atom is -0.354 e. The highest BCUT2D eigenvalue weighted by Crippen LogP contribution is 2.31. The standard InChI is InChI=1S/C19H22N2OS/c22-19(15-5-6-15)20-11-18(17-8-10-23-13-17)21-9-7-14-3-1-2-4-16(14)12-21/h1-4,8,10,13,15,18H,5-7,9,11-12H2,(H,20,22)/t18-/m1/s1. The molecule has 23 heavy (non-hydrogen) atoms. The summed E-state index contributed by atoms with van der Waals surface area (Å²) in [5.41, 5.74) is 4.22. The third kappa shape index (κ3) is 3.33. The van der Waals surface area contributed by atoms with Crippen LogP contribution >= 0.6 is 11.3 Å². The molecule has 2 aromatic rings. The van der Waals surface area contributed by atoms with Crippen LogP contribution in [-0.4, -0.2) is 23.9 Å². The van der Waals surface area contributed by atoms with E-state index in [1.165, 1.54) is 16.7 Å². The Labute approximate surface area is 141 Å². The van der Waals surface area contributed by atoms with Crippen LogP contribution in [0.2, 0.25) is 0 Å². The van der Waals surface area contributed by atoms with Crippen LogP contribution in [0, 0.1) is 5.92 Å². The Morgan fingerprint density at radius 1 is 1.26 bits per heavy atom. The Kier molecular flexibility index (Phi) is 4.19. The molecule has 0 unspecified atom stereocenters. The van der Waals surface area contributed by atoms with E-state index >= 15 is 0 Å². The molecule has 0 bridgehead atoms. The first-order chi connectivity index (χ1) is 11.3. The lowest BCUT2D eigenvalue weighted by molar-refractivity contribution is -0.122. The van der Waals surface area contributed by atoms with Gasteiger partial charge in [0.15, 0.2) is 0 Å². The van der Waals surface area contributed by atoms with Crippen molar-refractivity contribution in [1.82, 2.24) is 10.2 Å². The van der Waals surface area contributed by atoms with Crippen molar-refractivity contribution in [3.63, 3.8) is 0 Å². The Bertz CT molecular complexity index is 678. The smallest absolute Gasteiger partial charge is 0.223 e. The maximum Gasteiger partial charge on any atom is 0.223 e. The quantitative estimate of drug-likeness (QED) is 0.913. The predicted molar refractivity (Wildman–Crippen MR) is 93.3 cm³/mol. The minimum atomic E-state index is 0.239. The van der Waals surface area contributed by atoms with E-state index in [0.717, 1.165) is 32.4 Å². The fourth-order valence-electron chi connectivity index (χ4n) is 3.39. The molecule has 1 atom stereocenters. The maximum atomic E-state index is 12.0. The highest BCUT2D eigenvalue weighted by molar-refractivity contribution is 7.07. The number of carbonyl (C=O) groups is 1. The van der Waals surface area contributed by atoms with E-state index in [-0.39, 0.29) is 17.9 Å². The summed E-state index contributed by atoms with van der Waals surface area (Å²) in [5.74, 6) is 0.517. The van der Waals surface area contributed by atoms with Gasteiger partial charge in [0.25, 0.3) is 0 Å². The van der Waals surface area contributed by atoms with Gasteiger partial charge in [-0.3, -0.25) is 9.69 Å². The van der Waals surface area contributed by atoms with Crippen molar-refractivity contribution in [2.75, 3.05) is 13.1 Å². The van der Waals surface area contributed by atoms with Gasteiger partial charge in [0.05, 0.1) is 6.04 Å². The van der Waals surface area contributed by atoms with Gasteiger partial charge in [-0.2, -0.15) is 11.3 Å². The van der Waals surface area contributed by atoms with Crippen LogP contribution in [0.1, 0.15) is 35.6 Å². The molecule has 120 valence electrons. The van der Waals surface area contributed by atoms with Gasteiger partial charge in [0, 0.05) is 25.6 Å². The van der Waals surface area contributed by atoms with E-state index in [1.807, 2.05) is 0 Å². The van der Waals surface area contributed by atoms with E-state index in [0.29, 0.717) is 6.54 Å². The molecule has 1 amide bonds. The number of hydrogen-bond acceptors (Lipinski definition) is 3. The zero-order chi connectivity index (χ0) is 15.6. The molecule has 4 heteroatoms. The SMILES string of the molecule is O=C(NC[C@H](c1ccsc1)N1CCc2ccccc2C1)C1CC1. The fraction of sp³-hybridized carbons (Fsp3) is 0.421. The summed E-state index contributed by atoms with van der Waals surface area (Å²) in [6.45, 7) is 2.74. The largest absolute Gasteiger partial charge is 0.354 e. The third-order valence-corrected chi connectivity index (χ3v) is 5.65. The van der Waals surface area contributed by atoms with Gasteiger partial charge in [-0.05, 0) is 52.8 Å². The zero-order valence-corrected chi connectivity index (χ0v) is 14.0. The second-order valence-corrected chi connectivity index (χ2v) is 7.36. The lowest BCUT2D eigenvalue weighted by atomic mass is 9.97. The van der Waals surface area contributed by atoms with Gasteiger partial charge >= 0.3 is 0 Å². The highest BCUT2D eigenvalue weighted by Gasteiger charge is 2.31. The second kappa shape index (κ2) is 6.46. The van der Waals surface area contributed by atoms with Crippen LogP contribution in [0.4, 0.5) is 0 Å². The minimum absolute atomic E-state index is 0.239. The van der Waals surface area contributed by atoms with Gasteiger partial charge in [-0.1, -0.05) is 24.3 Å². The predicted octanol–water partition coefficient (Wildman–Crippen LogP) is 3.37. The van der Waals surface area contributed by atoms with Crippen molar-refractivity contribution in [2.24, 2.45) is 5.92 Å². The second-order valence-electron chi connectivity index (χ2n) is 6.58. The van der Waals surface area contributed by atoms with Crippen molar-refractivity contribution < 1.29 is 4.79 Å². The molecule has 0 spiro atoms. The Hall–Kier alpha value is -1.65. The fourth-order valence-corrected chi connectivity index (χ4v) is 4.10. The number of thiophene rings is 1. The Morgan fingerprint density at radius 2 is 2.09 bits per heavy atom. The van der Waals surface area contributed by atoms with E-state index < -0.39 is 0 Å². The molecule has 1 aromatic heterocycles. The number of nitrogens with zero attached hydrogens (tertiary/aromatic N) is 1. The molecule has 4 rings (SSSR count). The lowest BCUT2D eigenvalue weighted by Gasteiger charge is -2.35. The topological polar surface area (TPSA) is 32.3 Å².